The van der Waals surface area contributed by atoms with Gasteiger partial charge in [-0.25, -0.2) is 0 Å². The van der Waals surface area contributed by atoms with Crippen LogP contribution in [0, 0.1) is 0 Å². The highest BCUT2D eigenvalue weighted by Gasteiger charge is 2.10. The van der Waals surface area contributed by atoms with Crippen molar-refractivity contribution in [2.75, 3.05) is 6.54 Å². The first kappa shape index (κ1) is 13.8. The van der Waals surface area contributed by atoms with Gasteiger partial charge in [0.25, 0.3) is 5.91 Å². The van der Waals surface area contributed by atoms with Crippen LogP contribution in [0.1, 0.15) is 16.1 Å². The smallest absolute Gasteiger partial charge is 0.267 e. The predicted molar refractivity (Wildman–Crippen MR) is 75.0 cm³/mol. The summed E-state index contributed by atoms with van der Waals surface area (Å²) in [7, 11) is 0. The van der Waals surface area contributed by atoms with Crippen molar-refractivity contribution in [2.45, 2.75) is 6.42 Å². The van der Waals surface area contributed by atoms with Gasteiger partial charge in [-0.3, -0.25) is 4.79 Å². The van der Waals surface area contributed by atoms with Crippen LogP contribution in [-0.2, 0) is 6.42 Å². The number of aromatic nitrogens is 1. The number of H-pyrrole nitrogens is 1. The Hall–Kier alpha value is -1.65. The molecule has 0 radical (unpaired) electrons. The molecule has 0 saturated carbocycles. The summed E-state index contributed by atoms with van der Waals surface area (Å²) >= 11 is 11.5. The average molecular weight is 299 g/mol. The second-order valence-corrected chi connectivity index (χ2v) is 4.80. The minimum atomic E-state index is -0.257. The molecular weight excluding hydrogens is 287 g/mol. The van der Waals surface area contributed by atoms with E-state index in [1.165, 1.54) is 6.07 Å². The van der Waals surface area contributed by atoms with Gasteiger partial charge in [-0.2, -0.15) is 0 Å². The number of carbonyl (C=O) groups is 1. The SMILES string of the molecule is O=C(NCCc1ccc(O)cc1)c1cc(Cl)c(Cl)[nH]1. The maximum atomic E-state index is 11.8. The second-order valence-electron chi connectivity index (χ2n) is 4.02. The maximum absolute atomic E-state index is 11.8. The van der Waals surface area contributed by atoms with Crippen molar-refractivity contribution in [3.63, 3.8) is 0 Å². The van der Waals surface area contributed by atoms with Crippen LogP contribution in [0.5, 0.6) is 5.75 Å². The first-order chi connectivity index (χ1) is 9.06. The zero-order valence-electron chi connectivity index (χ0n) is 9.91. The summed E-state index contributed by atoms with van der Waals surface area (Å²) in [5.74, 6) is -0.0315. The Balaban J connectivity index is 1.85. The van der Waals surface area contributed by atoms with Crippen LogP contribution >= 0.6 is 23.2 Å². The van der Waals surface area contributed by atoms with E-state index in [0.29, 0.717) is 23.7 Å². The van der Waals surface area contributed by atoms with Gasteiger partial charge in [0.15, 0.2) is 0 Å². The summed E-state index contributed by atoms with van der Waals surface area (Å²) in [6.07, 6.45) is 0.675. The molecule has 1 amide bonds. The number of rotatable bonds is 4. The van der Waals surface area contributed by atoms with Crippen LogP contribution in [0.3, 0.4) is 0 Å². The van der Waals surface area contributed by atoms with Crippen LogP contribution in [0.2, 0.25) is 10.2 Å². The third-order valence-electron chi connectivity index (χ3n) is 2.61. The van der Waals surface area contributed by atoms with Crippen molar-refractivity contribution in [2.24, 2.45) is 0 Å². The lowest BCUT2D eigenvalue weighted by molar-refractivity contribution is 0.0950. The van der Waals surface area contributed by atoms with Crippen molar-refractivity contribution < 1.29 is 9.90 Å². The van der Waals surface area contributed by atoms with Crippen LogP contribution in [0.4, 0.5) is 0 Å². The number of hydrogen-bond acceptors (Lipinski definition) is 2. The van der Waals surface area contributed by atoms with Crippen molar-refractivity contribution in [1.29, 1.82) is 0 Å². The lowest BCUT2D eigenvalue weighted by atomic mass is 10.1. The monoisotopic (exact) mass is 298 g/mol. The van der Waals surface area contributed by atoms with E-state index in [9.17, 15) is 4.79 Å². The van der Waals surface area contributed by atoms with Gasteiger partial charge < -0.3 is 15.4 Å². The largest absolute Gasteiger partial charge is 0.508 e. The van der Waals surface area contributed by atoms with E-state index in [0.717, 1.165) is 5.56 Å². The summed E-state index contributed by atoms with van der Waals surface area (Å²) in [4.78, 5) is 14.4. The highest BCUT2D eigenvalue weighted by atomic mass is 35.5. The van der Waals surface area contributed by atoms with Crippen LogP contribution in [0.15, 0.2) is 30.3 Å². The van der Waals surface area contributed by atoms with E-state index in [1.807, 2.05) is 12.1 Å². The van der Waals surface area contributed by atoms with Gasteiger partial charge in [0.1, 0.15) is 16.6 Å². The molecule has 0 saturated heterocycles. The van der Waals surface area contributed by atoms with E-state index >= 15 is 0 Å². The number of benzene rings is 1. The molecule has 0 fully saturated rings. The summed E-state index contributed by atoms with van der Waals surface area (Å²) in [6.45, 7) is 0.484. The molecule has 0 aliphatic heterocycles. The average Bonchev–Trinajstić information content (AvgIpc) is 2.72. The number of hydrogen-bond donors (Lipinski definition) is 3. The van der Waals surface area contributed by atoms with Crippen molar-refractivity contribution in [3.05, 3.63) is 51.8 Å². The fraction of sp³-hybridized carbons (Fsp3) is 0.154. The Labute approximate surface area is 120 Å². The summed E-state index contributed by atoms with van der Waals surface area (Å²) < 4.78 is 0. The lowest BCUT2D eigenvalue weighted by Crippen LogP contribution is -2.25. The fourth-order valence-electron chi connectivity index (χ4n) is 1.60. The molecule has 19 heavy (non-hydrogen) atoms. The molecular formula is C13H12Cl2N2O2. The van der Waals surface area contributed by atoms with E-state index in [2.05, 4.69) is 10.3 Å². The van der Waals surface area contributed by atoms with Crippen LogP contribution in [0.25, 0.3) is 0 Å². The molecule has 6 heteroatoms. The number of phenolic OH excluding ortho intramolecular Hbond substituents is 1. The third kappa shape index (κ3) is 3.66. The quantitative estimate of drug-likeness (QED) is 0.812. The number of aromatic hydroxyl groups is 1. The molecule has 0 bridgehead atoms. The molecule has 0 spiro atoms. The molecule has 3 N–H and O–H groups in total. The number of aromatic amines is 1. The number of nitrogens with one attached hydrogen (secondary N) is 2. The normalized spacial score (nSPS) is 10.4. The number of amides is 1. The Morgan fingerprint density at radius 3 is 2.53 bits per heavy atom. The van der Waals surface area contributed by atoms with Crippen molar-refractivity contribution in [1.82, 2.24) is 10.3 Å². The van der Waals surface area contributed by atoms with Gasteiger partial charge in [-0.15, -0.1) is 0 Å². The van der Waals surface area contributed by atoms with Crippen LogP contribution in [-0.4, -0.2) is 22.5 Å². The van der Waals surface area contributed by atoms with Gasteiger partial charge in [-0.1, -0.05) is 35.3 Å². The molecule has 0 aliphatic carbocycles. The number of halogens is 2. The van der Waals surface area contributed by atoms with Crippen molar-refractivity contribution in [3.8, 4) is 5.75 Å². The molecule has 0 unspecified atom stereocenters. The van der Waals surface area contributed by atoms with Gasteiger partial charge in [0, 0.05) is 6.54 Å². The first-order valence-corrected chi connectivity index (χ1v) is 6.42. The summed E-state index contributed by atoms with van der Waals surface area (Å²) in [6, 6.07) is 8.33. The second kappa shape index (κ2) is 5.99. The fourth-order valence-corrected chi connectivity index (χ4v) is 1.92. The van der Waals surface area contributed by atoms with Gasteiger partial charge in [-0.05, 0) is 30.2 Å². The Morgan fingerprint density at radius 2 is 1.95 bits per heavy atom. The Morgan fingerprint density at radius 1 is 1.26 bits per heavy atom. The zero-order valence-corrected chi connectivity index (χ0v) is 11.4. The molecule has 1 heterocycles. The zero-order chi connectivity index (χ0) is 13.8. The van der Waals surface area contributed by atoms with Gasteiger partial charge >= 0.3 is 0 Å². The molecule has 0 aliphatic rings. The molecule has 1 aromatic carbocycles. The Kier molecular flexibility index (Phi) is 4.35. The molecule has 2 rings (SSSR count). The van der Waals surface area contributed by atoms with E-state index in [-0.39, 0.29) is 16.8 Å². The molecule has 4 nitrogen and oxygen atoms in total. The Bertz CT molecular complexity index is 559. The number of phenols is 1. The molecule has 0 atom stereocenters. The highest BCUT2D eigenvalue weighted by Crippen LogP contribution is 2.21. The first-order valence-electron chi connectivity index (χ1n) is 5.66. The molecule has 100 valence electrons. The standard InChI is InChI=1S/C13H12Cl2N2O2/c14-10-7-11(17-12(10)15)13(19)16-6-5-8-1-3-9(18)4-2-8/h1-4,7,17-18H,5-6H2,(H,16,19). The summed E-state index contributed by atoms with van der Waals surface area (Å²) in [5, 5.41) is 12.5. The topological polar surface area (TPSA) is 65.1 Å². The number of carbonyl (C=O) groups excluding carboxylic acids is 1. The van der Waals surface area contributed by atoms with Gasteiger partial charge in [0.2, 0.25) is 0 Å². The van der Waals surface area contributed by atoms with E-state index < -0.39 is 0 Å². The minimum Gasteiger partial charge on any atom is -0.508 e. The van der Waals surface area contributed by atoms with Gasteiger partial charge in [0.05, 0.1) is 5.02 Å². The molecule has 2 aromatic rings. The van der Waals surface area contributed by atoms with E-state index in [4.69, 9.17) is 28.3 Å². The van der Waals surface area contributed by atoms with Crippen molar-refractivity contribution >= 4 is 29.1 Å². The predicted octanol–water partition coefficient (Wildman–Crippen LogP) is 3.00. The third-order valence-corrected chi connectivity index (χ3v) is 3.30. The summed E-state index contributed by atoms with van der Waals surface area (Å²) in [5.41, 5.74) is 1.36. The minimum absolute atomic E-state index is 0.225. The van der Waals surface area contributed by atoms with E-state index in [1.54, 1.807) is 12.1 Å². The van der Waals surface area contributed by atoms with Crippen LogP contribution < -0.4 is 5.32 Å². The lowest BCUT2D eigenvalue weighted by Gasteiger charge is -2.04. The highest BCUT2D eigenvalue weighted by molar-refractivity contribution is 6.41. The molecule has 1 aromatic heterocycles. The maximum Gasteiger partial charge on any atom is 0.267 e.